The Bertz CT molecular complexity index is 619. The highest BCUT2D eigenvalue weighted by atomic mass is 19.1. The van der Waals surface area contributed by atoms with E-state index in [0.29, 0.717) is 38.2 Å². The summed E-state index contributed by atoms with van der Waals surface area (Å²) in [6.45, 7) is 9.15. The standard InChI is InChI=1S/C19H27FN2O3/c1-14(13-15-7-5-6-8-16(15)20)17(23)21-9-11-22(12-10-21)18(24)25-19(2,3)4/h5-8,14H,9-13H2,1-4H3. The van der Waals surface area contributed by atoms with Gasteiger partial charge in [-0.1, -0.05) is 25.1 Å². The maximum atomic E-state index is 13.7. The van der Waals surface area contributed by atoms with E-state index in [1.165, 1.54) is 6.07 Å². The molecule has 138 valence electrons. The Morgan fingerprint density at radius 2 is 1.68 bits per heavy atom. The van der Waals surface area contributed by atoms with Gasteiger partial charge in [0.15, 0.2) is 0 Å². The summed E-state index contributed by atoms with van der Waals surface area (Å²) in [5.74, 6) is -0.589. The van der Waals surface area contributed by atoms with E-state index in [9.17, 15) is 14.0 Å². The number of benzene rings is 1. The highest BCUT2D eigenvalue weighted by molar-refractivity contribution is 5.79. The third-order valence-corrected chi connectivity index (χ3v) is 4.15. The molecule has 25 heavy (non-hydrogen) atoms. The van der Waals surface area contributed by atoms with Crippen LogP contribution < -0.4 is 0 Å². The highest BCUT2D eigenvalue weighted by Gasteiger charge is 2.29. The van der Waals surface area contributed by atoms with Gasteiger partial charge in [0, 0.05) is 32.1 Å². The monoisotopic (exact) mass is 350 g/mol. The second-order valence-corrected chi connectivity index (χ2v) is 7.49. The first-order valence-electron chi connectivity index (χ1n) is 8.67. The molecule has 6 heteroatoms. The quantitative estimate of drug-likeness (QED) is 0.842. The van der Waals surface area contributed by atoms with Crippen molar-refractivity contribution in [3.05, 3.63) is 35.6 Å². The lowest BCUT2D eigenvalue weighted by molar-refractivity contribution is -0.136. The van der Waals surface area contributed by atoms with Crippen molar-refractivity contribution < 1.29 is 18.7 Å². The molecule has 1 aromatic carbocycles. The van der Waals surface area contributed by atoms with Crippen molar-refractivity contribution in [2.24, 2.45) is 5.92 Å². The SMILES string of the molecule is CC(Cc1ccccc1F)C(=O)N1CCN(C(=O)OC(C)(C)C)CC1. The Kier molecular flexibility index (Phi) is 6.03. The largest absolute Gasteiger partial charge is 0.444 e. The van der Waals surface area contributed by atoms with Crippen LogP contribution in [-0.2, 0) is 16.0 Å². The molecule has 5 nitrogen and oxygen atoms in total. The number of rotatable bonds is 3. The fraction of sp³-hybridized carbons (Fsp3) is 0.579. The summed E-state index contributed by atoms with van der Waals surface area (Å²) in [5, 5.41) is 0. The zero-order valence-corrected chi connectivity index (χ0v) is 15.4. The lowest BCUT2D eigenvalue weighted by atomic mass is 9.99. The van der Waals surface area contributed by atoms with Gasteiger partial charge in [0.1, 0.15) is 11.4 Å². The van der Waals surface area contributed by atoms with Crippen LogP contribution in [0.3, 0.4) is 0 Å². The van der Waals surface area contributed by atoms with Gasteiger partial charge < -0.3 is 14.5 Å². The molecule has 1 saturated heterocycles. The second-order valence-electron chi connectivity index (χ2n) is 7.49. The van der Waals surface area contributed by atoms with Gasteiger partial charge in [-0.2, -0.15) is 0 Å². The van der Waals surface area contributed by atoms with E-state index in [4.69, 9.17) is 4.74 Å². The van der Waals surface area contributed by atoms with Crippen molar-refractivity contribution in [1.82, 2.24) is 9.80 Å². The van der Waals surface area contributed by atoms with E-state index in [0.717, 1.165) is 0 Å². The van der Waals surface area contributed by atoms with Gasteiger partial charge in [-0.25, -0.2) is 9.18 Å². The number of nitrogens with zero attached hydrogens (tertiary/aromatic N) is 2. The van der Waals surface area contributed by atoms with Gasteiger partial charge in [0.2, 0.25) is 5.91 Å². The van der Waals surface area contributed by atoms with E-state index in [1.54, 1.807) is 28.0 Å². The fourth-order valence-corrected chi connectivity index (χ4v) is 2.83. The molecule has 1 aliphatic heterocycles. The number of piperazine rings is 1. The molecule has 0 aromatic heterocycles. The zero-order chi connectivity index (χ0) is 18.6. The van der Waals surface area contributed by atoms with Gasteiger partial charge in [0.25, 0.3) is 0 Å². The molecule has 1 aromatic rings. The number of ether oxygens (including phenoxy) is 1. The molecule has 1 fully saturated rings. The molecule has 0 aliphatic carbocycles. The van der Waals surface area contributed by atoms with Crippen LogP contribution in [0.5, 0.6) is 0 Å². The molecule has 0 saturated carbocycles. The van der Waals surface area contributed by atoms with Crippen LogP contribution >= 0.6 is 0 Å². The molecule has 2 amide bonds. The molecule has 1 atom stereocenters. The number of carbonyl (C=O) groups excluding carboxylic acids is 2. The maximum Gasteiger partial charge on any atom is 0.410 e. The van der Waals surface area contributed by atoms with Gasteiger partial charge in [0.05, 0.1) is 0 Å². The molecule has 1 aliphatic rings. The van der Waals surface area contributed by atoms with Crippen molar-refractivity contribution in [3.63, 3.8) is 0 Å². The fourth-order valence-electron chi connectivity index (χ4n) is 2.83. The van der Waals surface area contributed by atoms with Gasteiger partial charge in [-0.15, -0.1) is 0 Å². The molecule has 0 radical (unpaired) electrons. The summed E-state index contributed by atoms with van der Waals surface area (Å²) in [6.07, 6.45) is 0.0247. The smallest absolute Gasteiger partial charge is 0.410 e. The summed E-state index contributed by atoms with van der Waals surface area (Å²) in [4.78, 5) is 28.0. The summed E-state index contributed by atoms with van der Waals surface area (Å²) in [5.41, 5.74) is 0.0222. The van der Waals surface area contributed by atoms with Crippen molar-refractivity contribution in [1.29, 1.82) is 0 Å². The van der Waals surface area contributed by atoms with Crippen LogP contribution in [0.15, 0.2) is 24.3 Å². The normalized spacial score (nSPS) is 16.5. The van der Waals surface area contributed by atoms with E-state index < -0.39 is 5.60 Å². The average Bonchev–Trinajstić information content (AvgIpc) is 2.55. The average molecular weight is 350 g/mol. The first-order valence-corrected chi connectivity index (χ1v) is 8.67. The minimum atomic E-state index is -0.529. The zero-order valence-electron chi connectivity index (χ0n) is 15.4. The van der Waals surface area contributed by atoms with Crippen LogP contribution in [0.1, 0.15) is 33.3 Å². The number of amides is 2. The van der Waals surface area contributed by atoms with Crippen molar-refractivity contribution >= 4 is 12.0 Å². The van der Waals surface area contributed by atoms with Crippen LogP contribution in [0.25, 0.3) is 0 Å². The van der Waals surface area contributed by atoms with E-state index in [2.05, 4.69) is 0 Å². The van der Waals surface area contributed by atoms with Gasteiger partial charge in [-0.05, 0) is 38.8 Å². The molecular weight excluding hydrogens is 323 g/mol. The van der Waals surface area contributed by atoms with Gasteiger partial charge >= 0.3 is 6.09 Å². The molecule has 0 bridgehead atoms. The maximum absolute atomic E-state index is 13.7. The van der Waals surface area contributed by atoms with E-state index in [-0.39, 0.29) is 23.7 Å². The number of hydrogen-bond acceptors (Lipinski definition) is 3. The highest BCUT2D eigenvalue weighted by Crippen LogP contribution is 2.17. The first kappa shape index (κ1) is 19.2. The Labute approximate surface area is 148 Å². The lowest BCUT2D eigenvalue weighted by Crippen LogP contribution is -2.52. The third kappa shape index (κ3) is 5.44. The Morgan fingerprint density at radius 1 is 1.12 bits per heavy atom. The Hall–Kier alpha value is -2.11. The lowest BCUT2D eigenvalue weighted by Gasteiger charge is -2.36. The topological polar surface area (TPSA) is 49.9 Å². The van der Waals surface area contributed by atoms with Crippen LogP contribution in [0.2, 0.25) is 0 Å². The van der Waals surface area contributed by atoms with Crippen LogP contribution in [-0.4, -0.2) is 53.6 Å². The summed E-state index contributed by atoms with van der Waals surface area (Å²) in [7, 11) is 0. The molecule has 0 spiro atoms. The number of halogens is 1. The number of hydrogen-bond donors (Lipinski definition) is 0. The van der Waals surface area contributed by atoms with E-state index >= 15 is 0 Å². The minimum Gasteiger partial charge on any atom is -0.444 e. The predicted molar refractivity (Wildman–Crippen MR) is 93.7 cm³/mol. The second kappa shape index (κ2) is 7.85. The van der Waals surface area contributed by atoms with Gasteiger partial charge in [-0.3, -0.25) is 4.79 Å². The van der Waals surface area contributed by atoms with Crippen LogP contribution in [0.4, 0.5) is 9.18 Å². The van der Waals surface area contributed by atoms with Crippen molar-refractivity contribution in [2.45, 2.75) is 39.7 Å². The molecule has 0 N–H and O–H groups in total. The Morgan fingerprint density at radius 3 is 2.24 bits per heavy atom. The summed E-state index contributed by atoms with van der Waals surface area (Å²) >= 11 is 0. The van der Waals surface area contributed by atoms with E-state index in [1.807, 2.05) is 27.7 Å². The summed E-state index contributed by atoms with van der Waals surface area (Å²) < 4.78 is 19.1. The third-order valence-electron chi connectivity index (χ3n) is 4.15. The molecule has 2 rings (SSSR count). The van der Waals surface area contributed by atoms with Crippen molar-refractivity contribution in [3.8, 4) is 0 Å². The molecular formula is C19H27FN2O3. The molecule has 1 unspecified atom stereocenters. The van der Waals surface area contributed by atoms with Crippen LogP contribution in [0, 0.1) is 11.7 Å². The Balaban J connectivity index is 1.86. The molecule has 1 heterocycles. The van der Waals surface area contributed by atoms with Crippen molar-refractivity contribution in [2.75, 3.05) is 26.2 Å². The minimum absolute atomic E-state index is 0.00732. The summed E-state index contributed by atoms with van der Waals surface area (Å²) in [6, 6.07) is 6.53. The number of carbonyl (C=O) groups is 2. The first-order chi connectivity index (χ1) is 11.7. The predicted octanol–water partition coefficient (Wildman–Crippen LogP) is 3.08.